The molecule has 30 heavy (non-hydrogen) atoms. The molecule has 0 amide bonds. The zero-order valence-electron chi connectivity index (χ0n) is 17.5. The van der Waals surface area contributed by atoms with Crippen LogP contribution in [-0.2, 0) is 16.0 Å². The van der Waals surface area contributed by atoms with Crippen LogP contribution in [0, 0.1) is 16.7 Å². The number of ketones is 1. The van der Waals surface area contributed by atoms with E-state index in [4.69, 9.17) is 5.11 Å². The number of unbranched alkanes of at least 4 members (excludes halogenated alkanes) is 1. The van der Waals surface area contributed by atoms with E-state index in [2.05, 4.69) is 17.3 Å². The highest BCUT2D eigenvalue weighted by Crippen LogP contribution is 2.37. The molecular weight excluding hydrogens is 382 g/mol. The van der Waals surface area contributed by atoms with Gasteiger partial charge in [0.2, 0.25) is 0 Å². The molecule has 164 valence electrons. The van der Waals surface area contributed by atoms with Crippen LogP contribution in [0.1, 0.15) is 63.4 Å². The van der Waals surface area contributed by atoms with Crippen molar-refractivity contribution >= 4 is 11.8 Å². The molecule has 0 saturated heterocycles. The number of hydrogen-bond acceptors (Lipinski definition) is 5. The maximum Gasteiger partial charge on any atom is 0.303 e. The number of carbonyl (C=O) groups is 2. The van der Waals surface area contributed by atoms with E-state index in [9.17, 15) is 19.6 Å². The Balaban J connectivity index is 1.76. The van der Waals surface area contributed by atoms with Crippen molar-refractivity contribution in [1.29, 1.82) is 0 Å². The number of Topliss-reactive ketones (excluding diaryl/α,β-unsaturated/α-hetero) is 1. The summed E-state index contributed by atoms with van der Waals surface area (Å²) in [6.45, 7) is 0. The fourth-order valence-corrected chi connectivity index (χ4v) is 4.28. The summed E-state index contributed by atoms with van der Waals surface area (Å²) >= 11 is 0. The highest BCUT2D eigenvalue weighted by Gasteiger charge is 2.42. The van der Waals surface area contributed by atoms with Gasteiger partial charge in [-0.25, -0.2) is 0 Å². The molecule has 6 heteroatoms. The molecule has 2 unspecified atom stereocenters. The fourth-order valence-electron chi connectivity index (χ4n) is 4.28. The second-order valence-corrected chi connectivity index (χ2v) is 8.22. The maximum atomic E-state index is 12.4. The lowest BCUT2D eigenvalue weighted by Crippen LogP contribution is -2.21. The van der Waals surface area contributed by atoms with Gasteiger partial charge in [0, 0.05) is 18.8 Å². The summed E-state index contributed by atoms with van der Waals surface area (Å²) in [5.41, 5.74) is 1.26. The average molecular weight is 416 g/mol. The lowest BCUT2D eigenvalue weighted by Gasteiger charge is -2.21. The Morgan fingerprint density at radius 2 is 1.93 bits per heavy atom. The molecule has 6 nitrogen and oxygen atoms in total. The highest BCUT2D eigenvalue weighted by atomic mass is 16.4. The van der Waals surface area contributed by atoms with Crippen molar-refractivity contribution in [3.05, 3.63) is 53.0 Å². The Morgan fingerprint density at radius 1 is 1.17 bits per heavy atom. The van der Waals surface area contributed by atoms with Crippen LogP contribution >= 0.6 is 0 Å². The molecule has 1 fully saturated rings. The van der Waals surface area contributed by atoms with E-state index in [-0.39, 0.29) is 30.5 Å². The Bertz CT molecular complexity index is 703. The normalized spacial score (nSPS) is 22.4. The molecular formula is C24H33NO5. The standard InChI is InChI=1S/C24H33NO5/c26-19(12-8-11-18-9-4-3-5-10-18)15-16-20-21(23(27)17-22(20)25-30)13-6-1-2-7-14-24(28)29/h1,3-6,9-10,19-22,26H,2,7-8,11-17H2,(H,28,29)/t19?,20-,21-,22?/m1/s1. The lowest BCUT2D eigenvalue weighted by molar-refractivity contribution is -0.137. The van der Waals surface area contributed by atoms with E-state index < -0.39 is 18.1 Å². The number of hydrogen-bond donors (Lipinski definition) is 2. The van der Waals surface area contributed by atoms with Crippen molar-refractivity contribution in [2.24, 2.45) is 17.0 Å². The monoisotopic (exact) mass is 415 g/mol. The van der Waals surface area contributed by atoms with Crippen molar-refractivity contribution in [2.75, 3.05) is 0 Å². The maximum absolute atomic E-state index is 12.4. The Kier molecular flexibility index (Phi) is 10.4. The summed E-state index contributed by atoms with van der Waals surface area (Å²) in [5.74, 6) is -1.10. The summed E-state index contributed by atoms with van der Waals surface area (Å²) in [7, 11) is 0. The van der Waals surface area contributed by atoms with Crippen LogP contribution in [0.15, 0.2) is 47.7 Å². The molecule has 0 heterocycles. The van der Waals surface area contributed by atoms with Crippen LogP contribution in [0.5, 0.6) is 0 Å². The number of allylic oxidation sites excluding steroid dienone is 2. The Morgan fingerprint density at radius 3 is 2.63 bits per heavy atom. The second kappa shape index (κ2) is 13.1. The molecule has 0 aromatic heterocycles. The van der Waals surface area contributed by atoms with Crippen molar-refractivity contribution in [1.82, 2.24) is 0 Å². The number of nitrogens with zero attached hydrogens (tertiary/aromatic N) is 1. The number of carboxylic acids is 1. The first-order valence-electron chi connectivity index (χ1n) is 10.9. The van der Waals surface area contributed by atoms with Crippen molar-refractivity contribution in [3.8, 4) is 0 Å². The van der Waals surface area contributed by atoms with Gasteiger partial charge in [-0.15, -0.1) is 0 Å². The number of aliphatic hydroxyl groups excluding tert-OH is 1. The summed E-state index contributed by atoms with van der Waals surface area (Å²) in [5, 5.41) is 22.2. The van der Waals surface area contributed by atoms with Crippen LogP contribution < -0.4 is 0 Å². The molecule has 0 bridgehead atoms. The molecule has 4 atom stereocenters. The van der Waals surface area contributed by atoms with Crippen molar-refractivity contribution in [3.63, 3.8) is 0 Å². The van der Waals surface area contributed by atoms with Gasteiger partial charge in [0.05, 0.1) is 6.10 Å². The number of carboxylic acid groups (broad SMARTS) is 1. The predicted molar refractivity (Wildman–Crippen MR) is 116 cm³/mol. The molecule has 1 aliphatic rings. The van der Waals surface area contributed by atoms with Gasteiger partial charge < -0.3 is 10.2 Å². The van der Waals surface area contributed by atoms with E-state index in [0.717, 1.165) is 12.8 Å². The minimum absolute atomic E-state index is 0.0679. The first-order valence-corrected chi connectivity index (χ1v) is 10.9. The topological polar surface area (TPSA) is 104 Å². The number of aliphatic hydroxyl groups is 1. The van der Waals surface area contributed by atoms with E-state index >= 15 is 0 Å². The summed E-state index contributed by atoms with van der Waals surface area (Å²) in [6.07, 6.45) is 9.19. The quantitative estimate of drug-likeness (QED) is 0.260. The minimum atomic E-state index is -0.809. The molecule has 1 saturated carbocycles. The van der Waals surface area contributed by atoms with Gasteiger partial charge in [0.15, 0.2) is 0 Å². The SMILES string of the molecule is O=NC1CC(=O)[C@H](CC=CCCCC(=O)O)[C@H]1CCC(O)CCCc1ccccc1. The molecule has 2 rings (SSSR count). The zero-order chi connectivity index (χ0) is 21.8. The van der Waals surface area contributed by atoms with Gasteiger partial charge in [-0.1, -0.05) is 47.7 Å². The van der Waals surface area contributed by atoms with Gasteiger partial charge in [-0.05, 0) is 62.8 Å². The zero-order valence-corrected chi connectivity index (χ0v) is 17.5. The third kappa shape index (κ3) is 8.19. The molecule has 2 N–H and O–H groups in total. The third-order valence-electron chi connectivity index (χ3n) is 5.97. The minimum Gasteiger partial charge on any atom is -0.481 e. The van der Waals surface area contributed by atoms with Gasteiger partial charge in [0.1, 0.15) is 11.8 Å². The second-order valence-electron chi connectivity index (χ2n) is 8.22. The fraction of sp³-hybridized carbons (Fsp3) is 0.583. The summed E-state index contributed by atoms with van der Waals surface area (Å²) in [4.78, 5) is 34.1. The third-order valence-corrected chi connectivity index (χ3v) is 5.97. The first-order chi connectivity index (χ1) is 14.5. The average Bonchev–Trinajstić information content (AvgIpc) is 3.04. The Hall–Kier alpha value is -2.34. The van der Waals surface area contributed by atoms with E-state index in [1.807, 2.05) is 30.4 Å². The van der Waals surface area contributed by atoms with Gasteiger partial charge in [0.25, 0.3) is 0 Å². The van der Waals surface area contributed by atoms with Crippen LogP contribution in [0.3, 0.4) is 0 Å². The van der Waals surface area contributed by atoms with E-state index in [1.54, 1.807) is 0 Å². The molecule has 1 aromatic carbocycles. The van der Waals surface area contributed by atoms with Crippen molar-refractivity contribution in [2.45, 2.75) is 76.4 Å². The molecule has 0 aliphatic heterocycles. The van der Waals surface area contributed by atoms with Gasteiger partial charge in [-0.3, -0.25) is 9.59 Å². The predicted octanol–water partition coefficient (Wildman–Crippen LogP) is 4.69. The van der Waals surface area contributed by atoms with Gasteiger partial charge >= 0.3 is 5.97 Å². The van der Waals surface area contributed by atoms with Crippen molar-refractivity contribution < 1.29 is 19.8 Å². The lowest BCUT2D eigenvalue weighted by atomic mass is 9.85. The van der Waals surface area contributed by atoms with Crippen LogP contribution in [0.25, 0.3) is 0 Å². The number of carbonyl (C=O) groups excluding carboxylic acids is 1. The smallest absolute Gasteiger partial charge is 0.303 e. The number of nitroso groups, excluding NO2 is 1. The summed E-state index contributed by atoms with van der Waals surface area (Å²) in [6, 6.07) is 9.67. The Labute approximate surface area is 178 Å². The van der Waals surface area contributed by atoms with Crippen LogP contribution in [-0.4, -0.2) is 34.1 Å². The number of aliphatic carboxylic acids is 1. The number of aryl methyl sites for hydroxylation is 1. The summed E-state index contributed by atoms with van der Waals surface area (Å²) < 4.78 is 0. The number of benzene rings is 1. The molecule has 1 aliphatic carbocycles. The van der Waals surface area contributed by atoms with Crippen LogP contribution in [0.4, 0.5) is 0 Å². The largest absolute Gasteiger partial charge is 0.481 e. The first kappa shape index (κ1) is 23.9. The molecule has 0 spiro atoms. The van der Waals surface area contributed by atoms with E-state index in [1.165, 1.54) is 5.56 Å². The van der Waals surface area contributed by atoms with E-state index in [0.29, 0.717) is 38.5 Å². The molecule has 1 aromatic rings. The van der Waals surface area contributed by atoms with Gasteiger partial charge in [-0.2, -0.15) is 4.91 Å². The number of rotatable bonds is 14. The molecule has 0 radical (unpaired) electrons. The highest BCUT2D eigenvalue weighted by molar-refractivity contribution is 5.84. The van der Waals surface area contributed by atoms with Crippen LogP contribution in [0.2, 0.25) is 0 Å².